The lowest BCUT2D eigenvalue weighted by atomic mass is 9.97. The molecule has 0 aliphatic carbocycles. The fraction of sp³-hybridized carbons (Fsp3) is 0.706. The molecule has 0 rings (SSSR count). The lowest BCUT2D eigenvalue weighted by molar-refractivity contribution is -0.142. The first-order valence-corrected chi connectivity index (χ1v) is 9.42. The van der Waals surface area contributed by atoms with Crippen LogP contribution in [0.2, 0.25) is 0 Å². The quantitative estimate of drug-likeness (QED) is 0.0926. The molecule has 3 amide bonds. The summed E-state index contributed by atoms with van der Waals surface area (Å²) in [5.41, 5.74) is 21.3. The van der Waals surface area contributed by atoms with E-state index in [2.05, 4.69) is 15.6 Å². The summed E-state index contributed by atoms with van der Waals surface area (Å²) in [6.45, 7) is 3.89. The number of amides is 3. The molecule has 166 valence electrons. The monoisotopic (exact) mass is 415 g/mol. The van der Waals surface area contributed by atoms with Crippen molar-refractivity contribution in [2.24, 2.45) is 33.8 Å². The summed E-state index contributed by atoms with van der Waals surface area (Å²) >= 11 is 0. The molecule has 12 nitrogen and oxygen atoms in total. The van der Waals surface area contributed by atoms with Gasteiger partial charge >= 0.3 is 5.97 Å². The van der Waals surface area contributed by atoms with E-state index in [1.165, 1.54) is 0 Å². The number of primary amides is 1. The van der Waals surface area contributed by atoms with Gasteiger partial charge < -0.3 is 38.7 Å². The smallest absolute Gasteiger partial charge is 0.326 e. The minimum absolute atomic E-state index is 0.0548. The molecule has 0 aromatic rings. The zero-order valence-corrected chi connectivity index (χ0v) is 16.9. The van der Waals surface area contributed by atoms with Gasteiger partial charge in [0.25, 0.3) is 0 Å². The fourth-order valence-electron chi connectivity index (χ4n) is 2.42. The first-order valence-electron chi connectivity index (χ1n) is 9.42. The minimum Gasteiger partial charge on any atom is -0.480 e. The van der Waals surface area contributed by atoms with E-state index in [9.17, 15) is 24.3 Å². The molecular weight excluding hydrogens is 382 g/mol. The van der Waals surface area contributed by atoms with E-state index in [-0.39, 0.29) is 24.7 Å². The summed E-state index contributed by atoms with van der Waals surface area (Å²) in [6.07, 6.45) is 0.978. The number of carboxylic acids is 1. The van der Waals surface area contributed by atoms with Crippen LogP contribution in [0.5, 0.6) is 0 Å². The van der Waals surface area contributed by atoms with E-state index in [1.807, 2.05) is 6.92 Å². The number of nitrogens with two attached hydrogens (primary N) is 4. The van der Waals surface area contributed by atoms with Crippen LogP contribution < -0.4 is 33.6 Å². The molecular formula is C17H33N7O5. The van der Waals surface area contributed by atoms with Gasteiger partial charge in [0.15, 0.2) is 5.96 Å². The Morgan fingerprint density at radius 1 is 1.03 bits per heavy atom. The summed E-state index contributed by atoms with van der Waals surface area (Å²) in [5, 5.41) is 14.2. The predicted octanol–water partition coefficient (Wildman–Crippen LogP) is -2.27. The van der Waals surface area contributed by atoms with Crippen molar-refractivity contribution in [3.63, 3.8) is 0 Å². The van der Waals surface area contributed by atoms with Gasteiger partial charge in [0, 0.05) is 13.0 Å². The highest BCUT2D eigenvalue weighted by atomic mass is 16.4. The Morgan fingerprint density at radius 3 is 2.14 bits per heavy atom. The van der Waals surface area contributed by atoms with Crippen LogP contribution in [0.15, 0.2) is 4.99 Å². The maximum Gasteiger partial charge on any atom is 0.326 e. The lowest BCUT2D eigenvalue weighted by Crippen LogP contribution is -2.56. The van der Waals surface area contributed by atoms with Gasteiger partial charge in [0.1, 0.15) is 12.1 Å². The summed E-state index contributed by atoms with van der Waals surface area (Å²) in [6, 6.07) is -3.16. The van der Waals surface area contributed by atoms with E-state index < -0.39 is 41.8 Å². The van der Waals surface area contributed by atoms with Crippen molar-refractivity contribution < 1.29 is 24.3 Å². The number of aliphatic carboxylic acids is 1. The molecule has 0 aromatic heterocycles. The molecule has 4 atom stereocenters. The number of guanidine groups is 1. The average molecular weight is 415 g/mol. The Balaban J connectivity index is 4.98. The fourth-order valence-corrected chi connectivity index (χ4v) is 2.42. The van der Waals surface area contributed by atoms with Crippen molar-refractivity contribution in [2.45, 2.75) is 64.1 Å². The van der Waals surface area contributed by atoms with Crippen molar-refractivity contribution in [3.05, 3.63) is 0 Å². The molecule has 0 aliphatic rings. The summed E-state index contributed by atoms with van der Waals surface area (Å²) in [4.78, 5) is 51.0. The number of hydrogen-bond acceptors (Lipinski definition) is 6. The normalized spacial score (nSPS) is 14.7. The number of carboxylic acid groups (broad SMARTS) is 1. The van der Waals surface area contributed by atoms with Crippen molar-refractivity contribution in [2.75, 3.05) is 6.54 Å². The van der Waals surface area contributed by atoms with Crippen LogP contribution in [0.1, 0.15) is 46.0 Å². The number of rotatable bonds is 14. The number of carbonyl (C=O) groups excluding carboxylic acids is 3. The van der Waals surface area contributed by atoms with Gasteiger partial charge in [-0.05, 0) is 25.2 Å². The Morgan fingerprint density at radius 2 is 1.66 bits per heavy atom. The third-order valence-electron chi connectivity index (χ3n) is 4.39. The van der Waals surface area contributed by atoms with E-state index in [0.29, 0.717) is 25.8 Å². The van der Waals surface area contributed by atoms with Crippen LogP contribution in [-0.4, -0.2) is 59.4 Å². The van der Waals surface area contributed by atoms with Gasteiger partial charge in [0.2, 0.25) is 17.7 Å². The lowest BCUT2D eigenvalue weighted by Gasteiger charge is -2.26. The van der Waals surface area contributed by atoms with Crippen molar-refractivity contribution >= 4 is 29.7 Å². The second-order valence-electron chi connectivity index (χ2n) is 6.83. The predicted molar refractivity (Wildman–Crippen MR) is 107 cm³/mol. The Labute approximate surface area is 169 Å². The first kappa shape index (κ1) is 26.1. The highest BCUT2D eigenvalue weighted by Gasteiger charge is 2.31. The Kier molecular flexibility index (Phi) is 12.0. The highest BCUT2D eigenvalue weighted by Crippen LogP contribution is 2.10. The zero-order valence-electron chi connectivity index (χ0n) is 16.9. The largest absolute Gasteiger partial charge is 0.480 e. The van der Waals surface area contributed by atoms with Gasteiger partial charge in [0.05, 0.1) is 6.04 Å². The second-order valence-corrected chi connectivity index (χ2v) is 6.83. The zero-order chi connectivity index (χ0) is 22.6. The van der Waals surface area contributed by atoms with Gasteiger partial charge in [-0.2, -0.15) is 0 Å². The molecule has 0 radical (unpaired) electrons. The molecule has 12 heteroatoms. The number of hydrogen-bond donors (Lipinski definition) is 7. The molecule has 0 aliphatic heterocycles. The van der Waals surface area contributed by atoms with E-state index in [1.54, 1.807) is 6.92 Å². The standard InChI is InChI=1S/C17H33N7O5/c1-3-9(2)13(15(27)23-11(16(28)29)6-7-12(19)25)24-14(26)10(18)5-4-8-22-17(20)21/h9-11,13H,3-8,18H2,1-2H3,(H2,19,25)(H,23,27)(H,24,26)(H,28,29)(H4,20,21,22). The number of nitrogens with zero attached hydrogens (tertiary/aromatic N) is 1. The molecule has 0 aromatic carbocycles. The van der Waals surface area contributed by atoms with Gasteiger partial charge in [-0.25, -0.2) is 4.79 Å². The molecule has 0 spiro atoms. The van der Waals surface area contributed by atoms with E-state index >= 15 is 0 Å². The van der Waals surface area contributed by atoms with Gasteiger partial charge in [-0.3, -0.25) is 19.4 Å². The Bertz CT molecular complexity index is 607. The van der Waals surface area contributed by atoms with Crippen LogP contribution in [0.25, 0.3) is 0 Å². The third kappa shape index (κ3) is 10.9. The molecule has 0 saturated heterocycles. The molecule has 4 unspecified atom stereocenters. The molecule has 29 heavy (non-hydrogen) atoms. The van der Waals surface area contributed by atoms with Crippen molar-refractivity contribution in [3.8, 4) is 0 Å². The van der Waals surface area contributed by atoms with Gasteiger partial charge in [-0.15, -0.1) is 0 Å². The van der Waals surface area contributed by atoms with Crippen LogP contribution in [0, 0.1) is 5.92 Å². The molecule has 0 saturated carbocycles. The second kappa shape index (κ2) is 13.3. The maximum absolute atomic E-state index is 12.6. The van der Waals surface area contributed by atoms with Gasteiger partial charge in [-0.1, -0.05) is 20.3 Å². The number of carbonyl (C=O) groups is 4. The summed E-state index contributed by atoms with van der Waals surface area (Å²) < 4.78 is 0. The SMILES string of the molecule is CCC(C)C(NC(=O)C(N)CCCN=C(N)N)C(=O)NC(CCC(N)=O)C(=O)O. The highest BCUT2D eigenvalue weighted by molar-refractivity contribution is 5.92. The van der Waals surface area contributed by atoms with Crippen molar-refractivity contribution in [1.82, 2.24) is 10.6 Å². The topological polar surface area (TPSA) is 229 Å². The summed E-state index contributed by atoms with van der Waals surface area (Å²) in [5.74, 6) is -3.52. The summed E-state index contributed by atoms with van der Waals surface area (Å²) in [7, 11) is 0. The first-order chi connectivity index (χ1) is 13.5. The molecule has 0 heterocycles. The van der Waals surface area contributed by atoms with Crippen LogP contribution in [0.4, 0.5) is 0 Å². The van der Waals surface area contributed by atoms with Crippen LogP contribution in [-0.2, 0) is 19.2 Å². The van der Waals surface area contributed by atoms with Crippen LogP contribution >= 0.6 is 0 Å². The van der Waals surface area contributed by atoms with Crippen LogP contribution in [0.3, 0.4) is 0 Å². The minimum atomic E-state index is -1.30. The van der Waals surface area contributed by atoms with Crippen molar-refractivity contribution in [1.29, 1.82) is 0 Å². The Hall–Kier alpha value is -2.89. The average Bonchev–Trinajstić information content (AvgIpc) is 2.64. The molecule has 0 bridgehead atoms. The maximum atomic E-state index is 12.6. The molecule has 0 fully saturated rings. The number of nitrogens with one attached hydrogen (secondary N) is 2. The number of aliphatic imine (C=N–C) groups is 1. The molecule has 11 N–H and O–H groups in total. The third-order valence-corrected chi connectivity index (χ3v) is 4.39. The van der Waals surface area contributed by atoms with E-state index in [4.69, 9.17) is 22.9 Å². The van der Waals surface area contributed by atoms with E-state index in [0.717, 1.165) is 0 Å².